The average Bonchev–Trinajstić information content (AvgIpc) is 2.99. The van der Waals surface area contributed by atoms with Gasteiger partial charge in [-0.05, 0) is 12.1 Å². The van der Waals surface area contributed by atoms with Crippen molar-refractivity contribution in [3.63, 3.8) is 0 Å². The van der Waals surface area contributed by atoms with Gasteiger partial charge in [-0.1, -0.05) is 0 Å². The van der Waals surface area contributed by atoms with Gasteiger partial charge in [0.1, 0.15) is 0 Å². The molecule has 0 aliphatic carbocycles. The zero-order valence-corrected chi connectivity index (χ0v) is 18.1. The molecule has 0 radical (unpaired) electrons. The molecule has 1 atom stereocenters. The van der Waals surface area contributed by atoms with Crippen LogP contribution in [-0.2, 0) is 14.8 Å². The van der Waals surface area contributed by atoms with Crippen LogP contribution in [0.3, 0.4) is 0 Å². The lowest BCUT2D eigenvalue weighted by molar-refractivity contribution is 0.00469. The predicted molar refractivity (Wildman–Crippen MR) is 111 cm³/mol. The van der Waals surface area contributed by atoms with Crippen molar-refractivity contribution in [2.24, 2.45) is 0 Å². The molecule has 2 saturated heterocycles. The van der Waals surface area contributed by atoms with Gasteiger partial charge in [0.15, 0.2) is 11.5 Å². The predicted octanol–water partition coefficient (Wildman–Crippen LogP) is -0.153. The van der Waals surface area contributed by atoms with Gasteiger partial charge in [0, 0.05) is 64.8 Å². The second-order valence-corrected chi connectivity index (χ2v) is 9.87. The Hall–Kier alpha value is -1.43. The van der Waals surface area contributed by atoms with E-state index in [9.17, 15) is 13.5 Å². The number of nitrogens with zero attached hydrogens (tertiary/aromatic N) is 3. The van der Waals surface area contributed by atoms with Gasteiger partial charge >= 0.3 is 0 Å². The number of piperazine rings is 1. The summed E-state index contributed by atoms with van der Waals surface area (Å²) in [6, 6.07) is 4.82. The van der Waals surface area contributed by atoms with Crippen LogP contribution in [0.15, 0.2) is 23.1 Å². The number of fused-ring (bicyclic) bond motifs is 1. The van der Waals surface area contributed by atoms with Crippen LogP contribution in [0.4, 0.5) is 0 Å². The Labute approximate surface area is 178 Å². The molecule has 0 spiro atoms. The summed E-state index contributed by atoms with van der Waals surface area (Å²) in [7, 11) is -3.60. The van der Waals surface area contributed by atoms with Gasteiger partial charge in [0.2, 0.25) is 10.0 Å². The topological polar surface area (TPSA) is 91.8 Å². The molecule has 4 rings (SSSR count). The van der Waals surface area contributed by atoms with E-state index < -0.39 is 16.1 Å². The van der Waals surface area contributed by atoms with Gasteiger partial charge in [-0.25, -0.2) is 8.42 Å². The van der Waals surface area contributed by atoms with Crippen molar-refractivity contribution in [1.82, 2.24) is 14.1 Å². The molecule has 2 fully saturated rings. The molecule has 0 saturated carbocycles. The molecule has 3 aliphatic heterocycles. The van der Waals surface area contributed by atoms with Crippen molar-refractivity contribution in [1.29, 1.82) is 0 Å². The minimum absolute atomic E-state index is 0.229. The highest BCUT2D eigenvalue weighted by atomic mass is 32.2. The van der Waals surface area contributed by atoms with Gasteiger partial charge in [0.25, 0.3) is 0 Å². The van der Waals surface area contributed by atoms with Crippen LogP contribution in [0, 0.1) is 0 Å². The first-order valence-electron chi connectivity index (χ1n) is 10.6. The normalized spacial score (nSPS) is 23.1. The molecule has 10 heteroatoms. The Bertz CT molecular complexity index is 807. The number of aliphatic hydroxyl groups excluding tert-OH is 1. The highest BCUT2D eigenvalue weighted by Gasteiger charge is 2.30. The number of hydrogen-bond acceptors (Lipinski definition) is 8. The van der Waals surface area contributed by atoms with Crippen LogP contribution >= 0.6 is 0 Å². The van der Waals surface area contributed by atoms with Crippen molar-refractivity contribution in [2.75, 3.05) is 78.8 Å². The van der Waals surface area contributed by atoms with Crippen molar-refractivity contribution >= 4 is 10.0 Å². The molecule has 1 aromatic rings. The van der Waals surface area contributed by atoms with Crippen LogP contribution in [0.1, 0.15) is 6.42 Å². The molecular formula is C20H31N3O6S. The first-order chi connectivity index (χ1) is 14.5. The maximum absolute atomic E-state index is 13.1. The highest BCUT2D eigenvalue weighted by Crippen LogP contribution is 2.33. The summed E-state index contributed by atoms with van der Waals surface area (Å²) in [6.07, 6.45) is 0.323. The van der Waals surface area contributed by atoms with E-state index in [4.69, 9.17) is 14.2 Å². The zero-order chi connectivity index (χ0) is 21.0. The summed E-state index contributed by atoms with van der Waals surface area (Å²) < 4.78 is 44.3. The van der Waals surface area contributed by atoms with Crippen molar-refractivity contribution in [2.45, 2.75) is 17.4 Å². The van der Waals surface area contributed by atoms with E-state index >= 15 is 0 Å². The number of rotatable bonds is 6. The van der Waals surface area contributed by atoms with E-state index in [-0.39, 0.29) is 4.90 Å². The number of β-amino-alcohol motifs (C(OH)–C–C–N with tert-alkyl or cyclic N) is 1. The zero-order valence-electron chi connectivity index (χ0n) is 17.2. The largest absolute Gasteiger partial charge is 0.490 e. The Morgan fingerprint density at radius 2 is 1.50 bits per heavy atom. The number of benzene rings is 1. The Morgan fingerprint density at radius 3 is 2.20 bits per heavy atom. The standard InChI is InChI=1S/C20H31N3O6S/c24-17(16-22-8-12-27-13-9-22)15-21-4-6-23(7-5-21)30(25,26)18-2-3-19-20(14-18)29-11-1-10-28-19/h2-3,14,17,24H,1,4-13,15-16H2. The number of ether oxygens (including phenoxy) is 3. The molecule has 30 heavy (non-hydrogen) atoms. The molecule has 9 nitrogen and oxygen atoms in total. The molecule has 168 valence electrons. The highest BCUT2D eigenvalue weighted by molar-refractivity contribution is 7.89. The van der Waals surface area contributed by atoms with Gasteiger partial charge in [-0.15, -0.1) is 0 Å². The van der Waals surface area contributed by atoms with E-state index in [0.29, 0.717) is 77.2 Å². The third-order valence-electron chi connectivity index (χ3n) is 5.73. The maximum Gasteiger partial charge on any atom is 0.243 e. The summed E-state index contributed by atoms with van der Waals surface area (Å²) in [5, 5.41) is 10.4. The average molecular weight is 442 g/mol. The lowest BCUT2D eigenvalue weighted by Gasteiger charge is -2.36. The molecule has 1 N–H and O–H groups in total. The molecule has 1 unspecified atom stereocenters. The molecule has 3 heterocycles. The summed E-state index contributed by atoms with van der Waals surface area (Å²) in [5.74, 6) is 1.07. The lowest BCUT2D eigenvalue weighted by Crippen LogP contribution is -2.52. The second-order valence-electron chi connectivity index (χ2n) is 7.93. The van der Waals surface area contributed by atoms with Gasteiger partial charge in [-0.3, -0.25) is 9.80 Å². The lowest BCUT2D eigenvalue weighted by atomic mass is 10.2. The first kappa shape index (κ1) is 21.8. The second kappa shape index (κ2) is 9.80. The first-order valence-corrected chi connectivity index (χ1v) is 12.1. The molecule has 0 bridgehead atoms. The Balaban J connectivity index is 1.31. The third kappa shape index (κ3) is 5.24. The van der Waals surface area contributed by atoms with E-state index in [1.165, 1.54) is 4.31 Å². The summed E-state index contributed by atoms with van der Waals surface area (Å²) in [6.45, 7) is 7.38. The van der Waals surface area contributed by atoms with Crippen molar-refractivity contribution in [3.8, 4) is 11.5 Å². The molecule has 1 aromatic carbocycles. The summed E-state index contributed by atoms with van der Waals surface area (Å²) in [5.41, 5.74) is 0. The van der Waals surface area contributed by atoms with Gasteiger partial charge in [-0.2, -0.15) is 4.31 Å². The van der Waals surface area contributed by atoms with E-state index in [1.807, 2.05) is 0 Å². The van der Waals surface area contributed by atoms with Gasteiger partial charge < -0.3 is 19.3 Å². The minimum Gasteiger partial charge on any atom is -0.490 e. The Morgan fingerprint density at radius 1 is 0.867 bits per heavy atom. The van der Waals surface area contributed by atoms with Crippen LogP contribution in [0.2, 0.25) is 0 Å². The SMILES string of the molecule is O=S(=O)(c1ccc2c(c1)OCCCO2)N1CCN(CC(O)CN2CCOCC2)CC1. The smallest absolute Gasteiger partial charge is 0.243 e. The summed E-state index contributed by atoms with van der Waals surface area (Å²) >= 11 is 0. The summed E-state index contributed by atoms with van der Waals surface area (Å²) in [4.78, 5) is 4.57. The van der Waals surface area contributed by atoms with E-state index in [2.05, 4.69) is 9.80 Å². The van der Waals surface area contributed by atoms with Crippen LogP contribution in [0.5, 0.6) is 11.5 Å². The maximum atomic E-state index is 13.1. The fraction of sp³-hybridized carbons (Fsp3) is 0.700. The minimum atomic E-state index is -3.60. The molecule has 3 aliphatic rings. The van der Waals surface area contributed by atoms with E-state index in [0.717, 1.165) is 19.5 Å². The number of sulfonamides is 1. The third-order valence-corrected chi connectivity index (χ3v) is 7.62. The monoisotopic (exact) mass is 441 g/mol. The van der Waals surface area contributed by atoms with Crippen LogP contribution in [0.25, 0.3) is 0 Å². The fourth-order valence-corrected chi connectivity index (χ4v) is 5.48. The van der Waals surface area contributed by atoms with Crippen LogP contribution in [-0.4, -0.2) is 113 Å². The fourth-order valence-electron chi connectivity index (χ4n) is 4.04. The number of hydrogen-bond donors (Lipinski definition) is 1. The molecular weight excluding hydrogens is 410 g/mol. The van der Waals surface area contributed by atoms with Crippen LogP contribution < -0.4 is 9.47 Å². The number of morpholine rings is 1. The van der Waals surface area contributed by atoms with E-state index in [1.54, 1.807) is 18.2 Å². The number of aliphatic hydroxyl groups is 1. The van der Waals surface area contributed by atoms with Gasteiger partial charge in [0.05, 0.1) is 37.4 Å². The Kier molecular flexibility index (Phi) is 7.12. The van der Waals surface area contributed by atoms with Crippen molar-refractivity contribution < 1.29 is 27.7 Å². The molecule has 0 aromatic heterocycles. The quantitative estimate of drug-likeness (QED) is 0.652. The van der Waals surface area contributed by atoms with Crippen molar-refractivity contribution in [3.05, 3.63) is 18.2 Å². The molecule has 0 amide bonds.